The molecule has 0 aliphatic heterocycles. The van der Waals surface area contributed by atoms with Gasteiger partial charge in [-0.25, -0.2) is 0 Å². The van der Waals surface area contributed by atoms with Gasteiger partial charge in [-0.2, -0.15) is 0 Å². The van der Waals surface area contributed by atoms with Gasteiger partial charge in [-0.3, -0.25) is 0 Å². The van der Waals surface area contributed by atoms with Crippen LogP contribution in [0.4, 0.5) is 17.1 Å². The van der Waals surface area contributed by atoms with Gasteiger partial charge in [0.1, 0.15) is 0 Å². The fourth-order valence-electron chi connectivity index (χ4n) is 7.74. The number of para-hydroxylation sites is 4. The number of anilines is 3. The van der Waals surface area contributed by atoms with Crippen molar-refractivity contribution >= 4 is 70.4 Å². The second-order valence-corrected chi connectivity index (χ2v) is 14.0. The third-order valence-electron chi connectivity index (χ3n) is 10.0. The molecular weight excluding hydrogens is 637 g/mol. The molecule has 0 aliphatic rings. The van der Waals surface area contributed by atoms with E-state index >= 15 is 0 Å². The van der Waals surface area contributed by atoms with Gasteiger partial charge < -0.3 is 9.47 Å². The normalized spacial score (nSPS) is 11.5. The number of benzene rings is 8. The Balaban J connectivity index is 1.24. The molecule has 51 heavy (non-hydrogen) atoms. The number of hydrogen-bond donors (Lipinski definition) is 0. The van der Waals surface area contributed by atoms with Crippen molar-refractivity contribution < 1.29 is 0 Å². The molecule has 0 atom stereocenters. The average molecular weight is 669 g/mol. The Morgan fingerprint density at radius 2 is 0.980 bits per heavy atom. The lowest BCUT2D eigenvalue weighted by Crippen LogP contribution is -2.12. The van der Waals surface area contributed by atoms with E-state index in [9.17, 15) is 0 Å². The summed E-state index contributed by atoms with van der Waals surface area (Å²) in [6.07, 6.45) is 0. The van der Waals surface area contributed by atoms with Crippen molar-refractivity contribution in [2.24, 2.45) is 0 Å². The summed E-state index contributed by atoms with van der Waals surface area (Å²) in [5, 5.41) is 5.11. The van der Waals surface area contributed by atoms with Crippen LogP contribution < -0.4 is 4.90 Å². The van der Waals surface area contributed by atoms with E-state index < -0.39 is 0 Å². The molecule has 0 unspecified atom stereocenters. The molecule has 0 fully saturated rings. The molecule has 10 rings (SSSR count). The standard InChI is InChI=1S/C48H32N2S/c1-3-15-33(16-4-1)37-19-7-11-23-42(37)50(35-17-5-2-6-18-35)45-32-31-41-40-22-10-14-26-46(40)51-48(41)47(45)34-27-29-36(30-28-34)49-43-24-12-8-20-38(43)39-21-9-13-25-44(39)49/h1-32H. The van der Waals surface area contributed by atoms with Crippen molar-refractivity contribution in [3.05, 3.63) is 194 Å². The average Bonchev–Trinajstić information content (AvgIpc) is 3.75. The van der Waals surface area contributed by atoms with Crippen LogP contribution in [0.3, 0.4) is 0 Å². The van der Waals surface area contributed by atoms with Gasteiger partial charge in [-0.05, 0) is 65.7 Å². The van der Waals surface area contributed by atoms with Crippen LogP contribution in [0.25, 0.3) is 69.9 Å². The van der Waals surface area contributed by atoms with Gasteiger partial charge in [0.2, 0.25) is 0 Å². The molecule has 2 aromatic heterocycles. The van der Waals surface area contributed by atoms with Crippen LogP contribution in [0.15, 0.2) is 194 Å². The fourth-order valence-corrected chi connectivity index (χ4v) is 9.00. The minimum absolute atomic E-state index is 1.12. The molecule has 0 saturated heterocycles. The topological polar surface area (TPSA) is 8.17 Å². The maximum atomic E-state index is 2.45. The molecule has 0 aliphatic carbocycles. The minimum Gasteiger partial charge on any atom is -0.309 e. The van der Waals surface area contributed by atoms with E-state index in [2.05, 4.69) is 204 Å². The Hall–Kier alpha value is -6.42. The van der Waals surface area contributed by atoms with Crippen LogP contribution in [0, 0.1) is 0 Å². The van der Waals surface area contributed by atoms with Gasteiger partial charge in [0.25, 0.3) is 0 Å². The zero-order valence-corrected chi connectivity index (χ0v) is 28.6. The number of nitrogens with zero attached hydrogens (tertiary/aromatic N) is 2. The van der Waals surface area contributed by atoms with Gasteiger partial charge >= 0.3 is 0 Å². The quantitative estimate of drug-likeness (QED) is 0.171. The molecule has 8 aromatic carbocycles. The van der Waals surface area contributed by atoms with Gasteiger partial charge in [-0.15, -0.1) is 11.3 Å². The Bertz CT molecular complexity index is 2790. The highest BCUT2D eigenvalue weighted by Gasteiger charge is 2.23. The van der Waals surface area contributed by atoms with Crippen molar-refractivity contribution in [2.75, 3.05) is 4.90 Å². The second kappa shape index (κ2) is 12.2. The molecule has 0 spiro atoms. The highest BCUT2D eigenvalue weighted by atomic mass is 32.1. The number of rotatable bonds is 6. The van der Waals surface area contributed by atoms with Crippen LogP contribution in [0.5, 0.6) is 0 Å². The maximum absolute atomic E-state index is 2.45. The summed E-state index contributed by atoms with van der Waals surface area (Å²) in [4.78, 5) is 2.45. The molecule has 10 aromatic rings. The summed E-state index contributed by atoms with van der Waals surface area (Å²) in [5.41, 5.74) is 11.8. The predicted octanol–water partition coefficient (Wildman–Crippen LogP) is 14.0. The first-order valence-corrected chi connectivity index (χ1v) is 18.2. The summed E-state index contributed by atoms with van der Waals surface area (Å²) < 4.78 is 4.97. The summed E-state index contributed by atoms with van der Waals surface area (Å²) in [5.74, 6) is 0. The van der Waals surface area contributed by atoms with E-state index in [4.69, 9.17) is 0 Å². The van der Waals surface area contributed by atoms with Crippen LogP contribution in [0.1, 0.15) is 0 Å². The van der Waals surface area contributed by atoms with Gasteiger partial charge in [-0.1, -0.05) is 140 Å². The van der Waals surface area contributed by atoms with Crippen molar-refractivity contribution in [3.8, 4) is 27.9 Å². The third kappa shape index (κ3) is 4.85. The summed E-state index contributed by atoms with van der Waals surface area (Å²) in [7, 11) is 0. The molecule has 240 valence electrons. The van der Waals surface area contributed by atoms with Gasteiger partial charge in [0.05, 0.1) is 22.4 Å². The van der Waals surface area contributed by atoms with E-state index in [-0.39, 0.29) is 0 Å². The Morgan fingerprint density at radius 1 is 0.392 bits per heavy atom. The molecule has 2 heterocycles. The van der Waals surface area contributed by atoms with Crippen molar-refractivity contribution in [1.82, 2.24) is 4.57 Å². The van der Waals surface area contributed by atoms with Crippen molar-refractivity contribution in [3.63, 3.8) is 0 Å². The zero-order chi connectivity index (χ0) is 33.7. The van der Waals surface area contributed by atoms with E-state index in [0.717, 1.165) is 22.7 Å². The first-order chi connectivity index (χ1) is 25.3. The third-order valence-corrected chi connectivity index (χ3v) is 11.2. The molecule has 0 saturated carbocycles. The first-order valence-electron chi connectivity index (χ1n) is 17.4. The second-order valence-electron chi connectivity index (χ2n) is 12.9. The summed E-state index contributed by atoms with van der Waals surface area (Å²) in [6.45, 7) is 0. The monoisotopic (exact) mass is 668 g/mol. The number of hydrogen-bond acceptors (Lipinski definition) is 2. The predicted molar refractivity (Wildman–Crippen MR) is 219 cm³/mol. The Kier molecular flexibility index (Phi) is 7.04. The van der Waals surface area contributed by atoms with Crippen LogP contribution in [0.2, 0.25) is 0 Å². The Labute approximate surface area is 300 Å². The molecule has 2 nitrogen and oxygen atoms in total. The summed E-state index contributed by atoms with van der Waals surface area (Å²) in [6, 6.07) is 70.3. The van der Waals surface area contributed by atoms with Crippen LogP contribution in [-0.4, -0.2) is 4.57 Å². The molecule has 0 N–H and O–H groups in total. The highest BCUT2D eigenvalue weighted by Crippen LogP contribution is 2.50. The largest absolute Gasteiger partial charge is 0.309 e. The number of fused-ring (bicyclic) bond motifs is 6. The number of thiophene rings is 1. The molecular formula is C48H32N2S. The van der Waals surface area contributed by atoms with E-state index in [1.165, 1.54) is 64.2 Å². The molecule has 0 amide bonds. The maximum Gasteiger partial charge on any atom is 0.0554 e. The lowest BCUT2D eigenvalue weighted by atomic mass is 9.97. The zero-order valence-electron chi connectivity index (χ0n) is 27.8. The fraction of sp³-hybridized carbons (Fsp3) is 0. The van der Waals surface area contributed by atoms with E-state index in [0.29, 0.717) is 0 Å². The van der Waals surface area contributed by atoms with Crippen LogP contribution in [-0.2, 0) is 0 Å². The van der Waals surface area contributed by atoms with Gasteiger partial charge in [0, 0.05) is 53.4 Å². The lowest BCUT2D eigenvalue weighted by Gasteiger charge is -2.30. The van der Waals surface area contributed by atoms with Crippen molar-refractivity contribution in [1.29, 1.82) is 0 Å². The van der Waals surface area contributed by atoms with E-state index in [1.807, 2.05) is 11.3 Å². The summed E-state index contributed by atoms with van der Waals surface area (Å²) >= 11 is 1.88. The van der Waals surface area contributed by atoms with E-state index in [1.54, 1.807) is 0 Å². The molecule has 3 heteroatoms. The molecule has 0 radical (unpaired) electrons. The smallest absolute Gasteiger partial charge is 0.0554 e. The van der Waals surface area contributed by atoms with Crippen LogP contribution >= 0.6 is 11.3 Å². The number of aromatic nitrogens is 1. The Morgan fingerprint density at radius 3 is 1.71 bits per heavy atom. The first kappa shape index (κ1) is 29.5. The lowest BCUT2D eigenvalue weighted by molar-refractivity contribution is 1.18. The highest BCUT2D eigenvalue weighted by molar-refractivity contribution is 7.26. The van der Waals surface area contributed by atoms with Gasteiger partial charge in [0.15, 0.2) is 0 Å². The van der Waals surface area contributed by atoms with Crippen molar-refractivity contribution in [2.45, 2.75) is 0 Å². The minimum atomic E-state index is 1.12. The molecule has 0 bridgehead atoms. The SMILES string of the molecule is c1ccc(-c2ccccc2N(c2ccccc2)c2ccc3c(sc4ccccc43)c2-c2ccc(-n3c4ccccc4c4ccccc43)cc2)cc1.